The van der Waals surface area contributed by atoms with Gasteiger partial charge in [-0.15, -0.1) is 0 Å². The molecular weight excluding hydrogens is 392 g/mol. The van der Waals surface area contributed by atoms with E-state index in [1.54, 1.807) is 0 Å². The van der Waals surface area contributed by atoms with Gasteiger partial charge in [0.1, 0.15) is 5.82 Å². The van der Waals surface area contributed by atoms with E-state index in [-0.39, 0.29) is 6.61 Å². The van der Waals surface area contributed by atoms with Crippen molar-refractivity contribution >= 4 is 21.7 Å². The monoisotopic (exact) mass is 420 g/mol. The van der Waals surface area contributed by atoms with Crippen LogP contribution < -0.4 is 0 Å². The van der Waals surface area contributed by atoms with Crippen molar-refractivity contribution in [2.24, 2.45) is 0 Å². The lowest BCUT2D eigenvalue weighted by Gasteiger charge is -2.12. The van der Waals surface area contributed by atoms with Gasteiger partial charge in [-0.3, -0.25) is 0 Å². The molecule has 3 nitrogen and oxygen atoms in total. The standard InChI is InChI=1S/C20H16N2.C9H12O/c1-13-7-3-4-8-16(13)19-11-15-12-21-14(2)22-20(15)18-10-6-5-9-17(18)19;1-8-3-2-4-9(7-8)5-6-10/h3-12H,1-2H3;2-4,7,10H,5-6H2,1H3. The van der Waals surface area contributed by atoms with Gasteiger partial charge in [-0.1, -0.05) is 78.4 Å². The number of aliphatic hydroxyl groups is 1. The number of aryl methyl sites for hydroxylation is 3. The van der Waals surface area contributed by atoms with Gasteiger partial charge in [-0.2, -0.15) is 0 Å². The van der Waals surface area contributed by atoms with Crippen LogP contribution in [-0.2, 0) is 6.42 Å². The number of fused-ring (bicyclic) bond motifs is 3. The van der Waals surface area contributed by atoms with Gasteiger partial charge < -0.3 is 5.11 Å². The van der Waals surface area contributed by atoms with Crippen LogP contribution in [0.15, 0.2) is 85.1 Å². The van der Waals surface area contributed by atoms with Crippen molar-refractivity contribution in [3.63, 3.8) is 0 Å². The topological polar surface area (TPSA) is 46.0 Å². The molecular formula is C29H28N2O. The lowest BCUT2D eigenvalue weighted by atomic mass is 9.93. The average molecular weight is 421 g/mol. The van der Waals surface area contributed by atoms with Gasteiger partial charge in [0.2, 0.25) is 0 Å². The van der Waals surface area contributed by atoms with Crippen LogP contribution in [0.4, 0.5) is 0 Å². The molecule has 0 aliphatic carbocycles. The minimum Gasteiger partial charge on any atom is -0.396 e. The fourth-order valence-electron chi connectivity index (χ4n) is 4.05. The Bertz CT molecular complexity index is 1370. The maximum atomic E-state index is 8.61. The zero-order valence-electron chi connectivity index (χ0n) is 18.8. The zero-order valence-corrected chi connectivity index (χ0v) is 18.8. The minimum absolute atomic E-state index is 0.240. The molecule has 5 rings (SSSR count). The first-order chi connectivity index (χ1) is 15.6. The molecule has 0 fully saturated rings. The smallest absolute Gasteiger partial charge is 0.125 e. The second-order valence-electron chi connectivity index (χ2n) is 8.10. The molecule has 5 aromatic rings. The second kappa shape index (κ2) is 9.71. The number of aliphatic hydroxyl groups excluding tert-OH is 1. The van der Waals surface area contributed by atoms with Gasteiger partial charge in [0, 0.05) is 23.6 Å². The highest BCUT2D eigenvalue weighted by Crippen LogP contribution is 2.35. The van der Waals surface area contributed by atoms with Crippen LogP contribution in [0.2, 0.25) is 0 Å². The number of rotatable bonds is 3. The fourth-order valence-corrected chi connectivity index (χ4v) is 4.05. The molecule has 1 heterocycles. The molecule has 3 heteroatoms. The molecule has 160 valence electrons. The summed E-state index contributed by atoms with van der Waals surface area (Å²) in [4.78, 5) is 9.01. The van der Waals surface area contributed by atoms with Crippen molar-refractivity contribution in [1.29, 1.82) is 0 Å². The molecule has 0 radical (unpaired) electrons. The van der Waals surface area contributed by atoms with Crippen LogP contribution in [-0.4, -0.2) is 21.7 Å². The van der Waals surface area contributed by atoms with E-state index in [1.165, 1.54) is 38.6 Å². The third kappa shape index (κ3) is 4.68. The molecule has 0 saturated heterocycles. The summed E-state index contributed by atoms with van der Waals surface area (Å²) >= 11 is 0. The summed E-state index contributed by atoms with van der Waals surface area (Å²) in [6.45, 7) is 6.38. The summed E-state index contributed by atoms with van der Waals surface area (Å²) in [6, 6.07) is 27.4. The summed E-state index contributed by atoms with van der Waals surface area (Å²) in [5.41, 5.74) is 7.28. The maximum Gasteiger partial charge on any atom is 0.125 e. The predicted molar refractivity (Wildman–Crippen MR) is 134 cm³/mol. The molecule has 1 aromatic heterocycles. The number of hydrogen-bond acceptors (Lipinski definition) is 3. The molecule has 0 saturated carbocycles. The molecule has 0 aliphatic heterocycles. The first-order valence-electron chi connectivity index (χ1n) is 10.9. The molecule has 4 aromatic carbocycles. The van der Waals surface area contributed by atoms with Crippen LogP contribution in [0.1, 0.15) is 22.5 Å². The van der Waals surface area contributed by atoms with Crippen molar-refractivity contribution in [2.45, 2.75) is 27.2 Å². The Kier molecular flexibility index (Phi) is 6.58. The van der Waals surface area contributed by atoms with Gasteiger partial charge in [-0.25, -0.2) is 9.97 Å². The van der Waals surface area contributed by atoms with Crippen LogP contribution in [0.25, 0.3) is 32.8 Å². The summed E-state index contributed by atoms with van der Waals surface area (Å²) in [5.74, 6) is 0.807. The normalized spacial score (nSPS) is 10.8. The number of hydrogen-bond donors (Lipinski definition) is 1. The largest absolute Gasteiger partial charge is 0.396 e. The minimum atomic E-state index is 0.240. The van der Waals surface area contributed by atoms with Crippen molar-refractivity contribution in [3.8, 4) is 11.1 Å². The molecule has 0 unspecified atom stereocenters. The van der Waals surface area contributed by atoms with Gasteiger partial charge in [0.25, 0.3) is 0 Å². The van der Waals surface area contributed by atoms with Crippen molar-refractivity contribution in [3.05, 3.63) is 108 Å². The summed E-state index contributed by atoms with van der Waals surface area (Å²) < 4.78 is 0. The quantitative estimate of drug-likeness (QED) is 0.335. The molecule has 0 amide bonds. The van der Waals surface area contributed by atoms with Crippen LogP contribution in [0.3, 0.4) is 0 Å². The van der Waals surface area contributed by atoms with E-state index >= 15 is 0 Å². The second-order valence-corrected chi connectivity index (χ2v) is 8.10. The van der Waals surface area contributed by atoms with E-state index < -0.39 is 0 Å². The van der Waals surface area contributed by atoms with Gasteiger partial charge in [0.15, 0.2) is 0 Å². The Labute approximate surface area is 189 Å². The zero-order chi connectivity index (χ0) is 22.5. The first kappa shape index (κ1) is 21.7. The van der Waals surface area contributed by atoms with Gasteiger partial charge in [-0.05, 0) is 60.9 Å². The number of benzene rings is 4. The van der Waals surface area contributed by atoms with Gasteiger partial charge >= 0.3 is 0 Å². The molecule has 0 bridgehead atoms. The van der Waals surface area contributed by atoms with E-state index in [9.17, 15) is 0 Å². The molecule has 1 N–H and O–H groups in total. The van der Waals surface area contributed by atoms with Crippen LogP contribution in [0.5, 0.6) is 0 Å². The molecule has 32 heavy (non-hydrogen) atoms. The summed E-state index contributed by atoms with van der Waals surface area (Å²) in [7, 11) is 0. The fraction of sp³-hybridized carbons (Fsp3) is 0.172. The predicted octanol–water partition coefficient (Wildman–Crippen LogP) is 6.60. The van der Waals surface area contributed by atoms with E-state index in [0.717, 1.165) is 23.1 Å². The summed E-state index contributed by atoms with van der Waals surface area (Å²) in [6.07, 6.45) is 2.69. The van der Waals surface area contributed by atoms with Crippen molar-refractivity contribution in [2.75, 3.05) is 6.61 Å². The Morgan fingerprint density at radius 3 is 2.25 bits per heavy atom. The Balaban J connectivity index is 0.000000207. The number of aromatic nitrogens is 2. The molecule has 0 spiro atoms. The van der Waals surface area contributed by atoms with E-state index in [0.29, 0.717) is 0 Å². The lowest BCUT2D eigenvalue weighted by Crippen LogP contribution is -1.92. The molecule has 0 aliphatic rings. The average Bonchev–Trinajstić information content (AvgIpc) is 2.80. The van der Waals surface area contributed by atoms with Crippen LogP contribution in [0, 0.1) is 20.8 Å². The highest BCUT2D eigenvalue weighted by molar-refractivity contribution is 6.12. The highest BCUT2D eigenvalue weighted by atomic mass is 16.2. The van der Waals surface area contributed by atoms with E-state index in [4.69, 9.17) is 5.11 Å². The number of nitrogens with zero attached hydrogens (tertiary/aromatic N) is 2. The third-order valence-electron chi connectivity index (χ3n) is 5.63. The van der Waals surface area contributed by atoms with E-state index in [1.807, 2.05) is 25.3 Å². The SMILES string of the molecule is Cc1cccc(CCO)c1.Cc1ncc2cc(-c3ccccc3C)c3ccccc3c2n1. The Hall–Kier alpha value is -3.56. The Morgan fingerprint density at radius 1 is 0.750 bits per heavy atom. The van der Waals surface area contributed by atoms with Crippen molar-refractivity contribution < 1.29 is 5.11 Å². The third-order valence-corrected chi connectivity index (χ3v) is 5.63. The van der Waals surface area contributed by atoms with E-state index in [2.05, 4.69) is 90.5 Å². The first-order valence-corrected chi connectivity index (χ1v) is 10.9. The Morgan fingerprint density at radius 2 is 1.50 bits per heavy atom. The lowest BCUT2D eigenvalue weighted by molar-refractivity contribution is 0.299. The summed E-state index contributed by atoms with van der Waals surface area (Å²) in [5, 5.41) is 12.1. The van der Waals surface area contributed by atoms with Gasteiger partial charge in [0.05, 0.1) is 5.52 Å². The maximum absolute atomic E-state index is 8.61. The van der Waals surface area contributed by atoms with Crippen molar-refractivity contribution in [1.82, 2.24) is 9.97 Å². The highest BCUT2D eigenvalue weighted by Gasteiger charge is 2.11. The van der Waals surface area contributed by atoms with Crippen LogP contribution >= 0.6 is 0 Å². The molecule has 0 atom stereocenters.